The Labute approximate surface area is 135 Å². The highest BCUT2D eigenvalue weighted by atomic mass is 32.2. The average Bonchev–Trinajstić information content (AvgIpc) is 2.55. The van der Waals surface area contributed by atoms with Gasteiger partial charge in [-0.15, -0.1) is 11.8 Å². The number of hydrogen-bond acceptors (Lipinski definition) is 3. The lowest BCUT2D eigenvalue weighted by molar-refractivity contribution is -0.119. The Bertz CT molecular complexity index is 645. The van der Waals surface area contributed by atoms with Crippen molar-refractivity contribution in [2.24, 2.45) is 0 Å². The summed E-state index contributed by atoms with van der Waals surface area (Å²) in [5.74, 6) is 1.14. The van der Waals surface area contributed by atoms with Crippen molar-refractivity contribution in [1.82, 2.24) is 4.90 Å². The highest BCUT2D eigenvalue weighted by Crippen LogP contribution is 2.34. The number of benzene rings is 2. The molecule has 3 nitrogen and oxygen atoms in total. The molecule has 1 amide bonds. The third-order valence-electron chi connectivity index (χ3n) is 3.73. The molecule has 2 aromatic carbocycles. The summed E-state index contributed by atoms with van der Waals surface area (Å²) in [5, 5.41) is 0. The molecule has 2 aromatic rings. The van der Waals surface area contributed by atoms with Gasteiger partial charge in [-0.25, -0.2) is 0 Å². The molecule has 0 saturated heterocycles. The van der Waals surface area contributed by atoms with Crippen LogP contribution in [0.5, 0.6) is 0 Å². The van der Waals surface area contributed by atoms with E-state index < -0.39 is 0 Å². The van der Waals surface area contributed by atoms with E-state index in [4.69, 9.17) is 0 Å². The summed E-state index contributed by atoms with van der Waals surface area (Å²) in [5.41, 5.74) is 2.28. The van der Waals surface area contributed by atoms with Gasteiger partial charge in [0.25, 0.3) is 0 Å². The number of carbonyl (C=O) groups excluding carboxylic acids is 1. The number of likely N-dealkylation sites (N-methyl/N-ethyl adjacent to an activating group) is 1. The van der Waals surface area contributed by atoms with E-state index in [2.05, 4.69) is 23.1 Å². The molecule has 0 spiro atoms. The fourth-order valence-electron chi connectivity index (χ4n) is 2.70. The Morgan fingerprint density at radius 2 is 1.86 bits per heavy atom. The summed E-state index contributed by atoms with van der Waals surface area (Å²) >= 11 is 1.82. The van der Waals surface area contributed by atoms with Gasteiger partial charge in [0.05, 0.1) is 12.2 Å². The number of rotatable bonds is 4. The van der Waals surface area contributed by atoms with E-state index in [9.17, 15) is 4.79 Å². The van der Waals surface area contributed by atoms with Gasteiger partial charge in [0.1, 0.15) is 0 Å². The monoisotopic (exact) mass is 312 g/mol. The van der Waals surface area contributed by atoms with Crippen LogP contribution in [0.1, 0.15) is 5.56 Å². The van der Waals surface area contributed by atoms with E-state index >= 15 is 0 Å². The second kappa shape index (κ2) is 6.99. The number of fused-ring (bicyclic) bond motifs is 1. The van der Waals surface area contributed by atoms with Crippen LogP contribution in [0, 0.1) is 0 Å². The molecule has 0 atom stereocenters. The van der Waals surface area contributed by atoms with Crippen LogP contribution in [-0.2, 0) is 11.3 Å². The van der Waals surface area contributed by atoms with Gasteiger partial charge < -0.3 is 4.90 Å². The standard InChI is InChI=1S/C18H20N2OS/c1-19(13-15-7-3-2-4-8-15)14-18(21)20-11-12-22-17-10-6-5-9-16(17)20/h2-10H,11-14H2,1H3. The highest BCUT2D eigenvalue weighted by Gasteiger charge is 2.23. The average molecular weight is 312 g/mol. The zero-order valence-electron chi connectivity index (χ0n) is 12.7. The number of carbonyl (C=O) groups is 1. The van der Waals surface area contributed by atoms with Crippen LogP contribution in [0.25, 0.3) is 0 Å². The van der Waals surface area contributed by atoms with Gasteiger partial charge in [-0.1, -0.05) is 42.5 Å². The number of hydrogen-bond donors (Lipinski definition) is 0. The normalized spacial score (nSPS) is 14.0. The molecule has 114 valence electrons. The first-order valence-corrected chi connectivity index (χ1v) is 8.47. The van der Waals surface area contributed by atoms with Crippen molar-refractivity contribution in [3.63, 3.8) is 0 Å². The minimum atomic E-state index is 0.172. The van der Waals surface area contributed by atoms with Crippen LogP contribution in [-0.4, -0.2) is 36.7 Å². The first-order chi connectivity index (χ1) is 10.7. The smallest absolute Gasteiger partial charge is 0.241 e. The quantitative estimate of drug-likeness (QED) is 0.866. The topological polar surface area (TPSA) is 23.6 Å². The first-order valence-electron chi connectivity index (χ1n) is 7.49. The molecule has 0 N–H and O–H groups in total. The summed E-state index contributed by atoms with van der Waals surface area (Å²) < 4.78 is 0. The van der Waals surface area contributed by atoms with E-state index in [1.807, 2.05) is 60.1 Å². The van der Waals surface area contributed by atoms with Crippen LogP contribution < -0.4 is 4.90 Å². The molecule has 0 saturated carbocycles. The second-order valence-corrected chi connectivity index (χ2v) is 6.66. The molecule has 0 bridgehead atoms. The Hall–Kier alpha value is -1.78. The molecule has 3 rings (SSSR count). The zero-order chi connectivity index (χ0) is 15.4. The van der Waals surface area contributed by atoms with Crippen molar-refractivity contribution in [2.45, 2.75) is 11.4 Å². The largest absolute Gasteiger partial charge is 0.309 e. The lowest BCUT2D eigenvalue weighted by Gasteiger charge is -2.30. The van der Waals surface area contributed by atoms with Gasteiger partial charge in [0.2, 0.25) is 5.91 Å². The molecule has 1 aliphatic rings. The van der Waals surface area contributed by atoms with Gasteiger partial charge in [-0.2, -0.15) is 0 Å². The predicted molar refractivity (Wildman–Crippen MR) is 92.3 cm³/mol. The van der Waals surface area contributed by atoms with Crippen LogP contribution in [0.2, 0.25) is 0 Å². The summed E-state index contributed by atoms with van der Waals surface area (Å²) in [6.07, 6.45) is 0. The lowest BCUT2D eigenvalue weighted by Crippen LogP contribution is -2.41. The van der Waals surface area contributed by atoms with E-state index in [1.165, 1.54) is 10.5 Å². The van der Waals surface area contributed by atoms with Gasteiger partial charge in [-0.05, 0) is 24.7 Å². The molecule has 0 unspecified atom stereocenters. The van der Waals surface area contributed by atoms with Crippen molar-refractivity contribution >= 4 is 23.4 Å². The van der Waals surface area contributed by atoms with Crippen molar-refractivity contribution in [2.75, 3.05) is 30.8 Å². The zero-order valence-corrected chi connectivity index (χ0v) is 13.6. The fourth-order valence-corrected chi connectivity index (χ4v) is 3.69. The molecular formula is C18H20N2OS. The van der Waals surface area contributed by atoms with Gasteiger partial charge >= 0.3 is 0 Å². The van der Waals surface area contributed by atoms with Gasteiger partial charge in [-0.3, -0.25) is 9.69 Å². The number of nitrogens with zero attached hydrogens (tertiary/aromatic N) is 2. The Kier molecular flexibility index (Phi) is 4.80. The number of para-hydroxylation sites is 1. The van der Waals surface area contributed by atoms with E-state index in [0.29, 0.717) is 6.54 Å². The molecule has 22 heavy (non-hydrogen) atoms. The third kappa shape index (κ3) is 3.51. The molecule has 4 heteroatoms. The Balaban J connectivity index is 1.65. The maximum Gasteiger partial charge on any atom is 0.241 e. The predicted octanol–water partition coefficient (Wildman–Crippen LogP) is 3.26. The van der Waals surface area contributed by atoms with Crippen LogP contribution in [0.4, 0.5) is 5.69 Å². The van der Waals surface area contributed by atoms with Crippen LogP contribution >= 0.6 is 11.8 Å². The molecule has 0 aromatic heterocycles. The maximum atomic E-state index is 12.6. The van der Waals surface area contributed by atoms with Gasteiger partial charge in [0, 0.05) is 23.7 Å². The minimum absolute atomic E-state index is 0.172. The van der Waals surface area contributed by atoms with Crippen molar-refractivity contribution in [3.05, 3.63) is 60.2 Å². The SMILES string of the molecule is CN(CC(=O)N1CCSc2ccccc21)Cc1ccccc1. The molecular weight excluding hydrogens is 292 g/mol. The molecule has 0 radical (unpaired) electrons. The second-order valence-electron chi connectivity index (χ2n) is 5.52. The van der Waals surface area contributed by atoms with Gasteiger partial charge in [0.15, 0.2) is 0 Å². The summed E-state index contributed by atoms with van der Waals surface area (Å²) in [6.45, 7) is 2.02. The number of amides is 1. The molecule has 1 heterocycles. The summed E-state index contributed by atoms with van der Waals surface area (Å²) in [4.78, 5) is 17.8. The first kappa shape index (κ1) is 15.1. The Morgan fingerprint density at radius 3 is 2.68 bits per heavy atom. The molecule has 0 aliphatic carbocycles. The Morgan fingerprint density at radius 1 is 1.14 bits per heavy atom. The lowest BCUT2D eigenvalue weighted by atomic mass is 10.2. The van der Waals surface area contributed by atoms with Crippen LogP contribution in [0.3, 0.4) is 0 Å². The van der Waals surface area contributed by atoms with E-state index in [0.717, 1.165) is 24.5 Å². The van der Waals surface area contributed by atoms with Crippen molar-refractivity contribution in [3.8, 4) is 0 Å². The number of anilines is 1. The fraction of sp³-hybridized carbons (Fsp3) is 0.278. The molecule has 0 fully saturated rings. The van der Waals surface area contributed by atoms with E-state index in [-0.39, 0.29) is 5.91 Å². The number of thioether (sulfide) groups is 1. The highest BCUT2D eigenvalue weighted by molar-refractivity contribution is 7.99. The van der Waals surface area contributed by atoms with Crippen molar-refractivity contribution in [1.29, 1.82) is 0 Å². The minimum Gasteiger partial charge on any atom is -0.309 e. The third-order valence-corrected chi connectivity index (χ3v) is 4.77. The summed E-state index contributed by atoms with van der Waals surface area (Å²) in [7, 11) is 2.00. The van der Waals surface area contributed by atoms with E-state index in [1.54, 1.807) is 0 Å². The molecule has 1 aliphatic heterocycles. The summed E-state index contributed by atoms with van der Waals surface area (Å²) in [6, 6.07) is 18.4. The van der Waals surface area contributed by atoms with Crippen LogP contribution in [0.15, 0.2) is 59.5 Å². The van der Waals surface area contributed by atoms with Crippen molar-refractivity contribution < 1.29 is 4.79 Å². The maximum absolute atomic E-state index is 12.6.